The zero-order valence-corrected chi connectivity index (χ0v) is 14.7. The van der Waals surface area contributed by atoms with Crippen LogP contribution < -0.4 is 5.32 Å². The first-order valence-electron chi connectivity index (χ1n) is 8.42. The Morgan fingerprint density at radius 2 is 2.28 bits per heavy atom. The van der Waals surface area contributed by atoms with Crippen LogP contribution in [-0.4, -0.2) is 33.2 Å². The number of aliphatic imine (C=N–C) groups is 1. The quantitative estimate of drug-likeness (QED) is 0.885. The van der Waals surface area contributed by atoms with Gasteiger partial charge < -0.3 is 14.7 Å². The number of nitrogens with zero attached hydrogens (tertiary/aromatic N) is 3. The molecule has 1 unspecified atom stereocenters. The normalized spacial score (nSPS) is 22.4. The molecular weight excluding hydrogens is 320 g/mol. The third-order valence-electron chi connectivity index (χ3n) is 4.38. The van der Waals surface area contributed by atoms with E-state index in [-0.39, 0.29) is 24.8 Å². The lowest BCUT2D eigenvalue weighted by atomic mass is 9.90. The highest BCUT2D eigenvalue weighted by Gasteiger charge is 2.45. The largest absolute Gasteiger partial charge is 0.359 e. The minimum absolute atomic E-state index is 0.0249. The summed E-state index contributed by atoms with van der Waals surface area (Å²) in [5.74, 6) is 0.549. The zero-order valence-electron chi connectivity index (χ0n) is 14.7. The third kappa shape index (κ3) is 3.40. The van der Waals surface area contributed by atoms with Gasteiger partial charge in [-0.1, -0.05) is 18.5 Å². The van der Waals surface area contributed by atoms with Crippen LogP contribution in [-0.2, 0) is 22.6 Å². The van der Waals surface area contributed by atoms with Gasteiger partial charge in [-0.05, 0) is 38.0 Å². The second-order valence-corrected chi connectivity index (χ2v) is 6.61. The van der Waals surface area contributed by atoms with Crippen molar-refractivity contribution in [1.29, 1.82) is 0 Å². The van der Waals surface area contributed by atoms with Crippen LogP contribution in [0, 0.1) is 0 Å². The smallest absolute Gasteiger partial charge is 0.250 e. The fraction of sp³-hybridized carbons (Fsp3) is 0.444. The second-order valence-electron chi connectivity index (χ2n) is 6.61. The van der Waals surface area contributed by atoms with Gasteiger partial charge in [0.05, 0.1) is 18.7 Å². The molecule has 2 amide bonds. The van der Waals surface area contributed by atoms with Crippen LogP contribution in [0.25, 0.3) is 0 Å². The highest BCUT2D eigenvalue weighted by atomic mass is 16.5. The molecule has 3 rings (SSSR count). The van der Waals surface area contributed by atoms with Crippen LogP contribution >= 0.6 is 0 Å². The maximum atomic E-state index is 12.8. The summed E-state index contributed by atoms with van der Waals surface area (Å²) in [5.41, 5.74) is 0.839. The van der Waals surface area contributed by atoms with Crippen molar-refractivity contribution in [3.05, 3.63) is 41.4 Å². The molecule has 3 heterocycles. The molecule has 1 atom stereocenters. The molecule has 1 N–H and O–H groups in total. The number of carbonyl (C=O) groups excluding carboxylic acids is 2. The summed E-state index contributed by atoms with van der Waals surface area (Å²) in [6.45, 7) is 5.97. The summed E-state index contributed by atoms with van der Waals surface area (Å²) in [5, 5.41) is 6.82. The summed E-state index contributed by atoms with van der Waals surface area (Å²) in [6.07, 6.45) is 7.34. The number of rotatable bonds is 5. The van der Waals surface area contributed by atoms with Gasteiger partial charge in [-0.15, -0.1) is 0 Å². The van der Waals surface area contributed by atoms with Gasteiger partial charge in [-0.2, -0.15) is 4.99 Å². The van der Waals surface area contributed by atoms with E-state index in [1.54, 1.807) is 24.1 Å². The van der Waals surface area contributed by atoms with Gasteiger partial charge in [0.1, 0.15) is 11.4 Å². The second kappa shape index (κ2) is 6.66. The van der Waals surface area contributed by atoms with Crippen LogP contribution in [0.1, 0.15) is 45.1 Å². The summed E-state index contributed by atoms with van der Waals surface area (Å²) < 4.78 is 5.24. The van der Waals surface area contributed by atoms with Crippen molar-refractivity contribution in [1.82, 2.24) is 15.4 Å². The SMILES string of the molecule is CCCc1cc(CNC(=O)C2(C)CC(=O)N=C3C=C(C)C=CN32)on1. The Kier molecular flexibility index (Phi) is 4.57. The summed E-state index contributed by atoms with van der Waals surface area (Å²) >= 11 is 0. The number of allylic oxidation sites excluding steroid dienone is 2. The lowest BCUT2D eigenvalue weighted by molar-refractivity contribution is -0.134. The topological polar surface area (TPSA) is 87.8 Å². The predicted molar refractivity (Wildman–Crippen MR) is 92.5 cm³/mol. The van der Waals surface area contributed by atoms with Crippen LogP contribution in [0.2, 0.25) is 0 Å². The molecule has 0 bridgehead atoms. The number of nitrogens with one attached hydrogen (secondary N) is 1. The van der Waals surface area contributed by atoms with Gasteiger partial charge in [0.25, 0.3) is 5.91 Å². The molecular formula is C18H22N4O3. The average molecular weight is 342 g/mol. The molecule has 7 nitrogen and oxygen atoms in total. The standard InChI is InChI=1S/C18H22N4O3/c1-4-5-13-9-14(25-21-13)11-19-17(24)18(3)10-16(23)20-15-8-12(2)6-7-22(15)18/h6-9H,4-5,10-11H2,1-3H3,(H,19,24). The summed E-state index contributed by atoms with van der Waals surface area (Å²) in [6, 6.07) is 1.85. The first kappa shape index (κ1) is 17.1. The van der Waals surface area contributed by atoms with E-state index in [9.17, 15) is 9.59 Å². The maximum Gasteiger partial charge on any atom is 0.250 e. The lowest BCUT2D eigenvalue weighted by Crippen LogP contribution is -2.59. The molecule has 132 valence electrons. The van der Waals surface area contributed by atoms with Gasteiger partial charge in [-0.25, -0.2) is 0 Å². The van der Waals surface area contributed by atoms with Crippen LogP contribution in [0.4, 0.5) is 0 Å². The maximum absolute atomic E-state index is 12.8. The van der Waals surface area contributed by atoms with Gasteiger partial charge in [0, 0.05) is 12.3 Å². The number of amides is 2. The van der Waals surface area contributed by atoms with Crippen molar-refractivity contribution in [3.8, 4) is 0 Å². The lowest BCUT2D eigenvalue weighted by Gasteiger charge is -2.41. The van der Waals surface area contributed by atoms with Crippen LogP contribution in [0.15, 0.2) is 39.5 Å². The minimum atomic E-state index is -1.02. The first-order chi connectivity index (χ1) is 11.9. The number of amidine groups is 1. The molecule has 25 heavy (non-hydrogen) atoms. The highest BCUT2D eigenvalue weighted by molar-refractivity contribution is 6.09. The van der Waals surface area contributed by atoms with E-state index in [0.717, 1.165) is 24.1 Å². The monoisotopic (exact) mass is 342 g/mol. The van der Waals surface area contributed by atoms with Crippen molar-refractivity contribution in [3.63, 3.8) is 0 Å². The fourth-order valence-corrected chi connectivity index (χ4v) is 3.00. The predicted octanol–water partition coefficient (Wildman–Crippen LogP) is 2.11. The molecule has 0 fully saturated rings. The van der Waals surface area contributed by atoms with E-state index in [4.69, 9.17) is 4.52 Å². The van der Waals surface area contributed by atoms with E-state index in [1.807, 2.05) is 19.1 Å². The number of hydrogen-bond acceptors (Lipinski definition) is 5. The van der Waals surface area contributed by atoms with Crippen molar-refractivity contribution in [2.24, 2.45) is 4.99 Å². The first-order valence-corrected chi connectivity index (χ1v) is 8.42. The Morgan fingerprint density at radius 1 is 1.48 bits per heavy atom. The van der Waals surface area contributed by atoms with E-state index in [1.165, 1.54) is 0 Å². The third-order valence-corrected chi connectivity index (χ3v) is 4.38. The van der Waals surface area contributed by atoms with Gasteiger partial charge >= 0.3 is 0 Å². The molecule has 0 saturated heterocycles. The average Bonchev–Trinajstić information content (AvgIpc) is 2.99. The molecule has 2 aliphatic heterocycles. The van der Waals surface area contributed by atoms with Crippen molar-refractivity contribution in [2.45, 2.75) is 52.1 Å². The molecule has 0 spiro atoms. The molecule has 1 aromatic heterocycles. The molecule has 0 aromatic carbocycles. The van der Waals surface area contributed by atoms with E-state index < -0.39 is 5.54 Å². The molecule has 0 aliphatic carbocycles. The van der Waals surface area contributed by atoms with Gasteiger partial charge in [0.15, 0.2) is 5.76 Å². The van der Waals surface area contributed by atoms with E-state index in [2.05, 4.69) is 22.4 Å². The van der Waals surface area contributed by atoms with Crippen molar-refractivity contribution in [2.75, 3.05) is 0 Å². The highest BCUT2D eigenvalue weighted by Crippen LogP contribution is 2.29. The Labute approximate surface area is 146 Å². The number of carbonyl (C=O) groups is 2. The summed E-state index contributed by atoms with van der Waals surface area (Å²) in [7, 11) is 0. The van der Waals surface area contributed by atoms with Crippen LogP contribution in [0.5, 0.6) is 0 Å². The molecule has 0 saturated carbocycles. The number of aryl methyl sites for hydroxylation is 1. The number of fused-ring (bicyclic) bond motifs is 1. The number of aromatic nitrogens is 1. The Bertz CT molecular complexity index is 790. The van der Waals surface area contributed by atoms with Gasteiger partial charge in [0.2, 0.25) is 5.91 Å². The van der Waals surface area contributed by atoms with E-state index in [0.29, 0.717) is 11.6 Å². The Morgan fingerprint density at radius 3 is 3.04 bits per heavy atom. The molecule has 1 aromatic rings. The zero-order chi connectivity index (χ0) is 18.0. The molecule has 0 radical (unpaired) electrons. The van der Waals surface area contributed by atoms with Crippen LogP contribution in [0.3, 0.4) is 0 Å². The Balaban J connectivity index is 1.73. The minimum Gasteiger partial charge on any atom is -0.359 e. The van der Waals surface area contributed by atoms with Crippen molar-refractivity contribution >= 4 is 17.6 Å². The summed E-state index contributed by atoms with van der Waals surface area (Å²) in [4.78, 5) is 30.6. The molecule has 7 heteroatoms. The molecule has 2 aliphatic rings. The van der Waals surface area contributed by atoms with Gasteiger partial charge in [-0.3, -0.25) is 9.59 Å². The van der Waals surface area contributed by atoms with Crippen molar-refractivity contribution < 1.29 is 14.1 Å². The fourth-order valence-electron chi connectivity index (χ4n) is 3.00. The Hall–Kier alpha value is -2.70. The van der Waals surface area contributed by atoms with E-state index >= 15 is 0 Å². The number of hydrogen-bond donors (Lipinski definition) is 1.